The summed E-state index contributed by atoms with van der Waals surface area (Å²) >= 11 is 11.7. The van der Waals surface area contributed by atoms with Gasteiger partial charge in [-0.1, -0.05) is 29.3 Å². The number of carbonyl (C=O) groups is 1. The van der Waals surface area contributed by atoms with E-state index >= 15 is 0 Å². The molecular formula is C14H11Cl2FN2O. The molecule has 1 unspecified atom stereocenters. The van der Waals surface area contributed by atoms with Gasteiger partial charge in [0.25, 0.3) is 0 Å². The van der Waals surface area contributed by atoms with E-state index in [2.05, 4.69) is 5.32 Å². The molecule has 0 saturated carbocycles. The summed E-state index contributed by atoms with van der Waals surface area (Å²) in [5, 5.41) is 3.66. The smallest absolute Gasteiger partial charge is 0.244 e. The SMILES string of the molecule is NC(=O)C(Nc1cccc(Cl)c1)c1cc(Cl)ccc1F. The highest BCUT2D eigenvalue weighted by molar-refractivity contribution is 6.31. The summed E-state index contributed by atoms with van der Waals surface area (Å²) in [6, 6.07) is 9.62. The second-order valence-corrected chi connectivity index (χ2v) is 5.03. The van der Waals surface area contributed by atoms with Crippen LogP contribution in [0.3, 0.4) is 0 Å². The maximum absolute atomic E-state index is 13.8. The fourth-order valence-corrected chi connectivity index (χ4v) is 2.15. The quantitative estimate of drug-likeness (QED) is 0.903. The second-order valence-electron chi connectivity index (χ2n) is 4.16. The molecule has 6 heteroatoms. The van der Waals surface area contributed by atoms with E-state index in [9.17, 15) is 9.18 Å². The number of amides is 1. The number of benzene rings is 2. The highest BCUT2D eigenvalue weighted by Crippen LogP contribution is 2.26. The lowest BCUT2D eigenvalue weighted by Crippen LogP contribution is -2.28. The summed E-state index contributed by atoms with van der Waals surface area (Å²) in [4.78, 5) is 11.6. The predicted octanol–water partition coefficient (Wildman–Crippen LogP) is 3.77. The van der Waals surface area contributed by atoms with Crippen LogP contribution in [0.25, 0.3) is 0 Å². The molecule has 0 spiro atoms. The fourth-order valence-electron chi connectivity index (χ4n) is 1.78. The molecular weight excluding hydrogens is 302 g/mol. The van der Waals surface area contributed by atoms with Crippen molar-refractivity contribution in [2.24, 2.45) is 5.73 Å². The third kappa shape index (κ3) is 3.40. The van der Waals surface area contributed by atoms with E-state index in [0.29, 0.717) is 15.7 Å². The highest BCUT2D eigenvalue weighted by Gasteiger charge is 2.21. The fraction of sp³-hybridized carbons (Fsp3) is 0.0714. The molecule has 0 radical (unpaired) electrons. The zero-order valence-electron chi connectivity index (χ0n) is 10.2. The van der Waals surface area contributed by atoms with E-state index < -0.39 is 17.8 Å². The number of halogens is 3. The van der Waals surface area contributed by atoms with Gasteiger partial charge in [-0.2, -0.15) is 0 Å². The molecule has 20 heavy (non-hydrogen) atoms. The summed E-state index contributed by atoms with van der Waals surface area (Å²) in [6.45, 7) is 0. The molecule has 2 rings (SSSR count). The van der Waals surface area contributed by atoms with E-state index in [1.54, 1.807) is 24.3 Å². The molecule has 0 saturated heterocycles. The molecule has 0 aliphatic carbocycles. The number of rotatable bonds is 4. The zero-order chi connectivity index (χ0) is 14.7. The molecule has 0 bridgehead atoms. The maximum atomic E-state index is 13.8. The van der Waals surface area contributed by atoms with Crippen molar-refractivity contribution in [1.82, 2.24) is 0 Å². The number of nitrogens with two attached hydrogens (primary N) is 1. The van der Waals surface area contributed by atoms with E-state index in [1.165, 1.54) is 18.2 Å². The number of anilines is 1. The monoisotopic (exact) mass is 312 g/mol. The van der Waals surface area contributed by atoms with Crippen molar-refractivity contribution in [3.8, 4) is 0 Å². The molecule has 0 heterocycles. The Kier molecular flexibility index (Phi) is 4.47. The number of hydrogen-bond donors (Lipinski definition) is 2. The molecule has 0 aromatic heterocycles. The third-order valence-electron chi connectivity index (χ3n) is 2.69. The van der Waals surface area contributed by atoms with Gasteiger partial charge < -0.3 is 11.1 Å². The lowest BCUT2D eigenvalue weighted by molar-refractivity contribution is -0.118. The Balaban J connectivity index is 2.37. The first-order chi connectivity index (χ1) is 9.47. The van der Waals surface area contributed by atoms with Crippen molar-refractivity contribution in [3.05, 3.63) is 63.9 Å². The number of hydrogen-bond acceptors (Lipinski definition) is 2. The van der Waals surface area contributed by atoms with E-state index in [0.717, 1.165) is 0 Å². The van der Waals surface area contributed by atoms with Crippen LogP contribution in [0.1, 0.15) is 11.6 Å². The van der Waals surface area contributed by atoms with Crippen molar-refractivity contribution in [2.75, 3.05) is 5.32 Å². The predicted molar refractivity (Wildman–Crippen MR) is 78.4 cm³/mol. The molecule has 0 aliphatic heterocycles. The van der Waals surface area contributed by atoms with Gasteiger partial charge in [0.2, 0.25) is 5.91 Å². The van der Waals surface area contributed by atoms with Crippen molar-refractivity contribution < 1.29 is 9.18 Å². The molecule has 2 aromatic rings. The van der Waals surface area contributed by atoms with Gasteiger partial charge in [0.05, 0.1) is 0 Å². The summed E-state index contributed by atoms with van der Waals surface area (Å²) in [5.74, 6) is -1.28. The van der Waals surface area contributed by atoms with E-state index in [1.807, 2.05) is 0 Å². The average Bonchev–Trinajstić information content (AvgIpc) is 2.39. The topological polar surface area (TPSA) is 55.1 Å². The van der Waals surface area contributed by atoms with Gasteiger partial charge in [-0.25, -0.2) is 4.39 Å². The average molecular weight is 313 g/mol. The van der Waals surface area contributed by atoms with Gasteiger partial charge >= 0.3 is 0 Å². The molecule has 104 valence electrons. The zero-order valence-corrected chi connectivity index (χ0v) is 11.8. The van der Waals surface area contributed by atoms with Crippen LogP contribution in [0.4, 0.5) is 10.1 Å². The van der Waals surface area contributed by atoms with E-state index in [-0.39, 0.29) is 5.56 Å². The molecule has 0 aliphatic rings. The van der Waals surface area contributed by atoms with E-state index in [4.69, 9.17) is 28.9 Å². The summed E-state index contributed by atoms with van der Waals surface area (Å²) in [7, 11) is 0. The van der Waals surface area contributed by atoms with Crippen LogP contribution < -0.4 is 11.1 Å². The molecule has 2 aromatic carbocycles. The lowest BCUT2D eigenvalue weighted by atomic mass is 10.1. The largest absolute Gasteiger partial charge is 0.370 e. The summed E-state index contributed by atoms with van der Waals surface area (Å²) in [6.07, 6.45) is 0. The Morgan fingerprint density at radius 2 is 1.85 bits per heavy atom. The summed E-state index contributed by atoms with van der Waals surface area (Å²) in [5.41, 5.74) is 5.97. The van der Waals surface area contributed by atoms with Crippen LogP contribution in [-0.4, -0.2) is 5.91 Å². The van der Waals surface area contributed by atoms with Gasteiger partial charge in [0.15, 0.2) is 0 Å². The molecule has 3 nitrogen and oxygen atoms in total. The number of nitrogens with one attached hydrogen (secondary N) is 1. The molecule has 3 N–H and O–H groups in total. The Labute approximate surface area is 125 Å². The molecule has 1 amide bonds. The van der Waals surface area contributed by atoms with Crippen LogP contribution in [0, 0.1) is 5.82 Å². The second kappa shape index (κ2) is 6.11. The Bertz CT molecular complexity index is 649. The minimum atomic E-state index is -1.04. The van der Waals surface area contributed by atoms with Crippen molar-refractivity contribution in [1.29, 1.82) is 0 Å². The van der Waals surface area contributed by atoms with Gasteiger partial charge in [0, 0.05) is 21.3 Å². The maximum Gasteiger partial charge on any atom is 0.244 e. The third-order valence-corrected chi connectivity index (χ3v) is 3.16. The summed E-state index contributed by atoms with van der Waals surface area (Å²) < 4.78 is 13.8. The number of primary amides is 1. The Morgan fingerprint density at radius 1 is 1.15 bits per heavy atom. The van der Waals surface area contributed by atoms with Crippen LogP contribution in [0.5, 0.6) is 0 Å². The van der Waals surface area contributed by atoms with Crippen molar-refractivity contribution in [2.45, 2.75) is 6.04 Å². The van der Waals surface area contributed by atoms with Crippen LogP contribution in [0.15, 0.2) is 42.5 Å². The minimum Gasteiger partial charge on any atom is -0.370 e. The highest BCUT2D eigenvalue weighted by atomic mass is 35.5. The van der Waals surface area contributed by atoms with Crippen LogP contribution in [-0.2, 0) is 4.79 Å². The minimum absolute atomic E-state index is 0.0879. The molecule has 0 fully saturated rings. The Morgan fingerprint density at radius 3 is 2.50 bits per heavy atom. The van der Waals surface area contributed by atoms with Gasteiger partial charge in [-0.15, -0.1) is 0 Å². The molecule has 1 atom stereocenters. The van der Waals surface area contributed by atoms with Crippen molar-refractivity contribution >= 4 is 34.8 Å². The normalized spacial score (nSPS) is 11.9. The van der Waals surface area contributed by atoms with Gasteiger partial charge in [-0.05, 0) is 36.4 Å². The van der Waals surface area contributed by atoms with Gasteiger partial charge in [-0.3, -0.25) is 4.79 Å². The number of carbonyl (C=O) groups excluding carboxylic acids is 1. The first kappa shape index (κ1) is 14.6. The van der Waals surface area contributed by atoms with Crippen molar-refractivity contribution in [3.63, 3.8) is 0 Å². The lowest BCUT2D eigenvalue weighted by Gasteiger charge is -2.18. The van der Waals surface area contributed by atoms with Crippen LogP contribution in [0.2, 0.25) is 10.0 Å². The van der Waals surface area contributed by atoms with Gasteiger partial charge in [0.1, 0.15) is 11.9 Å². The Hall–Kier alpha value is -1.78. The first-order valence-electron chi connectivity index (χ1n) is 5.74. The standard InChI is InChI=1S/C14H11Cl2FN2O/c15-8-2-1-3-10(6-8)19-13(14(18)20)11-7-9(16)4-5-12(11)17/h1-7,13,19H,(H2,18,20). The first-order valence-corrected chi connectivity index (χ1v) is 6.49. The van der Waals surface area contributed by atoms with Crippen LogP contribution >= 0.6 is 23.2 Å².